The SMILES string of the molecule is O=P(c1ccccc1)(c1ccccc1)c1ccccc1.OP(Oc1ccccc1)Oc1ccccc1. The Balaban J connectivity index is 0.000000174. The predicted molar refractivity (Wildman–Crippen MR) is 149 cm³/mol. The van der Waals surface area contributed by atoms with Gasteiger partial charge in [-0.15, -0.1) is 0 Å². The minimum atomic E-state index is -2.78. The molecule has 0 heterocycles. The van der Waals surface area contributed by atoms with Crippen molar-refractivity contribution in [1.29, 1.82) is 0 Å². The fraction of sp³-hybridized carbons (Fsp3) is 0. The van der Waals surface area contributed by atoms with Crippen LogP contribution in [0.25, 0.3) is 0 Å². The molecule has 0 saturated heterocycles. The lowest BCUT2D eigenvalue weighted by atomic mass is 10.3. The van der Waals surface area contributed by atoms with Crippen LogP contribution < -0.4 is 25.0 Å². The highest BCUT2D eigenvalue weighted by atomic mass is 31.2. The molecule has 5 aromatic carbocycles. The minimum absolute atomic E-state index is 0.590. The van der Waals surface area contributed by atoms with Gasteiger partial charge in [-0.1, -0.05) is 127 Å². The summed E-state index contributed by atoms with van der Waals surface area (Å²) in [6, 6.07) is 47.3. The van der Waals surface area contributed by atoms with E-state index < -0.39 is 15.7 Å². The highest BCUT2D eigenvalue weighted by Crippen LogP contribution is 2.42. The Morgan fingerprint density at radius 2 is 0.694 bits per heavy atom. The average molecular weight is 512 g/mol. The summed E-state index contributed by atoms with van der Waals surface area (Å²) in [5.41, 5.74) is 0. The summed E-state index contributed by atoms with van der Waals surface area (Å²) in [6.45, 7) is 0. The van der Waals surface area contributed by atoms with E-state index in [1.807, 2.05) is 127 Å². The monoisotopic (exact) mass is 512 g/mol. The maximum atomic E-state index is 13.8. The van der Waals surface area contributed by atoms with Crippen molar-refractivity contribution in [3.05, 3.63) is 152 Å². The molecule has 0 saturated carbocycles. The Kier molecular flexibility index (Phi) is 9.08. The Morgan fingerprint density at radius 3 is 0.972 bits per heavy atom. The van der Waals surface area contributed by atoms with Crippen LogP contribution in [0.15, 0.2) is 152 Å². The van der Waals surface area contributed by atoms with E-state index in [0.717, 1.165) is 15.9 Å². The third kappa shape index (κ3) is 6.71. The van der Waals surface area contributed by atoms with E-state index in [9.17, 15) is 9.46 Å². The fourth-order valence-corrected chi connectivity index (χ4v) is 6.83. The molecule has 0 aliphatic rings. The smallest absolute Gasteiger partial charge is 0.418 e. The summed E-state index contributed by atoms with van der Waals surface area (Å²) in [4.78, 5) is 9.58. The first kappa shape index (κ1) is 25.4. The molecule has 0 radical (unpaired) electrons. The van der Waals surface area contributed by atoms with Crippen LogP contribution in [0, 0.1) is 0 Å². The van der Waals surface area contributed by atoms with Gasteiger partial charge in [0.05, 0.1) is 0 Å². The van der Waals surface area contributed by atoms with Crippen LogP contribution in [0.1, 0.15) is 0 Å². The topological polar surface area (TPSA) is 55.8 Å². The molecule has 0 atom stereocenters. The van der Waals surface area contributed by atoms with Crippen LogP contribution in [0.4, 0.5) is 0 Å². The standard InChI is InChI=1S/C18H15OP.C12H11O3P/c19-20(16-10-4-1-5-11-16,17-12-6-2-7-13-17)18-14-8-3-9-15-18;13-16(14-11-7-3-1-4-8-11)15-12-9-5-2-6-10-12/h1-15H;1-10,13H. The van der Waals surface area contributed by atoms with Gasteiger partial charge in [0, 0.05) is 15.9 Å². The highest BCUT2D eigenvalue weighted by Gasteiger charge is 2.28. The molecule has 6 heteroatoms. The quantitative estimate of drug-likeness (QED) is 0.247. The second-order valence-corrected chi connectivity index (χ2v) is 11.3. The van der Waals surface area contributed by atoms with Crippen molar-refractivity contribution in [3.63, 3.8) is 0 Å². The van der Waals surface area contributed by atoms with Crippen molar-refractivity contribution < 1.29 is 18.5 Å². The van der Waals surface area contributed by atoms with E-state index in [2.05, 4.69) is 0 Å². The number of para-hydroxylation sites is 2. The molecule has 36 heavy (non-hydrogen) atoms. The van der Waals surface area contributed by atoms with E-state index in [1.165, 1.54) is 0 Å². The van der Waals surface area contributed by atoms with Gasteiger partial charge in [-0.25, -0.2) is 0 Å². The number of hydrogen-bond acceptors (Lipinski definition) is 4. The van der Waals surface area contributed by atoms with E-state index in [4.69, 9.17) is 9.05 Å². The van der Waals surface area contributed by atoms with Crippen LogP contribution in [-0.4, -0.2) is 4.89 Å². The second kappa shape index (κ2) is 12.9. The average Bonchev–Trinajstić information content (AvgIpc) is 2.95. The first-order valence-electron chi connectivity index (χ1n) is 11.4. The van der Waals surface area contributed by atoms with E-state index in [-0.39, 0.29) is 0 Å². The van der Waals surface area contributed by atoms with Crippen molar-refractivity contribution in [1.82, 2.24) is 0 Å². The van der Waals surface area contributed by atoms with Crippen LogP contribution in [0.2, 0.25) is 0 Å². The molecule has 0 aliphatic heterocycles. The highest BCUT2D eigenvalue weighted by molar-refractivity contribution is 7.85. The molecule has 180 valence electrons. The Bertz CT molecular complexity index is 1210. The Hall–Kier alpha value is -3.68. The lowest BCUT2D eigenvalue weighted by Crippen LogP contribution is -2.24. The molecule has 5 aromatic rings. The van der Waals surface area contributed by atoms with Crippen LogP contribution in [0.5, 0.6) is 11.5 Å². The van der Waals surface area contributed by atoms with Crippen LogP contribution in [0.3, 0.4) is 0 Å². The van der Waals surface area contributed by atoms with Crippen LogP contribution >= 0.6 is 15.7 Å². The zero-order valence-corrected chi connectivity index (χ0v) is 21.3. The summed E-state index contributed by atoms with van der Waals surface area (Å²) in [5, 5.41) is 2.62. The van der Waals surface area contributed by atoms with E-state index >= 15 is 0 Å². The Morgan fingerprint density at radius 1 is 0.444 bits per heavy atom. The molecular weight excluding hydrogens is 486 g/mol. The van der Waals surface area contributed by atoms with Gasteiger partial charge in [-0.05, 0) is 24.3 Å². The summed E-state index contributed by atoms with van der Waals surface area (Å²) < 4.78 is 24.3. The summed E-state index contributed by atoms with van der Waals surface area (Å²) >= 11 is 0. The molecule has 0 unspecified atom stereocenters. The second-order valence-electron chi connectivity index (χ2n) is 7.66. The summed E-state index contributed by atoms with van der Waals surface area (Å²) in [7, 11) is -4.71. The predicted octanol–water partition coefficient (Wildman–Crippen LogP) is 6.69. The summed E-state index contributed by atoms with van der Waals surface area (Å²) in [6.07, 6.45) is 0. The van der Waals surface area contributed by atoms with Gasteiger partial charge in [-0.2, -0.15) is 0 Å². The lowest BCUT2D eigenvalue weighted by molar-refractivity contribution is 0.382. The normalized spacial score (nSPS) is 10.7. The maximum Gasteiger partial charge on any atom is 0.460 e. The van der Waals surface area contributed by atoms with Crippen LogP contribution in [-0.2, 0) is 4.57 Å². The van der Waals surface area contributed by atoms with E-state index in [0.29, 0.717) is 11.5 Å². The maximum absolute atomic E-state index is 13.8. The van der Waals surface area contributed by atoms with Gasteiger partial charge >= 0.3 is 8.60 Å². The van der Waals surface area contributed by atoms with Crippen molar-refractivity contribution in [2.45, 2.75) is 0 Å². The van der Waals surface area contributed by atoms with Gasteiger partial charge in [0.25, 0.3) is 0 Å². The van der Waals surface area contributed by atoms with E-state index in [1.54, 1.807) is 24.3 Å². The first-order chi connectivity index (χ1) is 17.7. The van der Waals surface area contributed by atoms with Gasteiger partial charge < -0.3 is 18.5 Å². The third-order valence-corrected chi connectivity index (χ3v) is 9.02. The molecule has 5 rings (SSSR count). The summed E-state index contributed by atoms with van der Waals surface area (Å²) in [5.74, 6) is 1.18. The molecule has 0 spiro atoms. The minimum Gasteiger partial charge on any atom is -0.418 e. The third-order valence-electron chi connectivity index (χ3n) is 5.21. The first-order valence-corrected chi connectivity index (χ1v) is 14.2. The molecule has 0 bridgehead atoms. The molecule has 0 aromatic heterocycles. The van der Waals surface area contributed by atoms with Gasteiger partial charge in [-0.3, -0.25) is 0 Å². The molecule has 0 fully saturated rings. The molecular formula is C30H26O4P2. The Labute approximate surface area is 213 Å². The zero-order chi connectivity index (χ0) is 25.1. The molecule has 0 aliphatic carbocycles. The lowest BCUT2D eigenvalue weighted by Gasteiger charge is -2.19. The molecule has 4 nitrogen and oxygen atoms in total. The van der Waals surface area contributed by atoms with Crippen molar-refractivity contribution in [2.75, 3.05) is 0 Å². The molecule has 0 amide bonds. The van der Waals surface area contributed by atoms with Crippen molar-refractivity contribution >= 4 is 31.7 Å². The number of rotatable bonds is 7. The number of benzene rings is 5. The molecule has 1 N–H and O–H groups in total. The fourth-order valence-electron chi connectivity index (χ4n) is 3.52. The van der Waals surface area contributed by atoms with Gasteiger partial charge in [0.2, 0.25) is 0 Å². The van der Waals surface area contributed by atoms with Crippen molar-refractivity contribution in [2.24, 2.45) is 0 Å². The van der Waals surface area contributed by atoms with Crippen molar-refractivity contribution in [3.8, 4) is 11.5 Å². The van der Waals surface area contributed by atoms with Gasteiger partial charge in [0.1, 0.15) is 11.5 Å². The largest absolute Gasteiger partial charge is 0.460 e. The zero-order valence-electron chi connectivity index (χ0n) is 19.5. The van der Waals surface area contributed by atoms with Gasteiger partial charge in [0.15, 0.2) is 7.14 Å². The number of hydrogen-bond donors (Lipinski definition) is 1.